The van der Waals surface area contributed by atoms with Crippen molar-refractivity contribution in [1.29, 1.82) is 5.53 Å². The normalized spacial score (nSPS) is 14.8. The van der Waals surface area contributed by atoms with Gasteiger partial charge >= 0.3 is 6.09 Å². The predicted octanol–water partition coefficient (Wildman–Crippen LogP) is 1.48. The number of carbonyl (C=O) groups excluding carboxylic acids is 1. The van der Waals surface area contributed by atoms with E-state index in [1.54, 1.807) is 25.7 Å². The van der Waals surface area contributed by atoms with E-state index in [9.17, 15) is 4.79 Å². The lowest BCUT2D eigenvalue weighted by Crippen LogP contribution is -2.32. The Labute approximate surface area is 65.6 Å². The van der Waals surface area contributed by atoms with E-state index in [4.69, 9.17) is 10.3 Å². The van der Waals surface area contributed by atoms with Crippen molar-refractivity contribution < 1.29 is 9.53 Å². The molecule has 0 fully saturated rings. The fraction of sp³-hybridized carbons (Fsp3) is 0.500. The van der Waals surface area contributed by atoms with E-state index >= 15 is 0 Å². The molecule has 0 aromatic carbocycles. The summed E-state index contributed by atoms with van der Waals surface area (Å²) < 4.78 is 4.70. The smallest absolute Gasteiger partial charge is 0.424 e. The van der Waals surface area contributed by atoms with Gasteiger partial charge in [-0.15, -0.1) is 5.60 Å². The van der Waals surface area contributed by atoms with Crippen LogP contribution in [0.2, 0.25) is 0 Å². The van der Waals surface area contributed by atoms with Crippen molar-refractivity contribution in [1.82, 2.24) is 5.43 Å². The summed E-state index contributed by atoms with van der Waals surface area (Å²) >= 11 is 0. The minimum Gasteiger partial charge on any atom is -0.507 e. The monoisotopic (exact) mass is 157 g/mol. The van der Waals surface area contributed by atoms with Crippen molar-refractivity contribution in [3.05, 3.63) is 13.3 Å². The molecule has 0 spiro atoms. The summed E-state index contributed by atoms with van der Waals surface area (Å²) in [6.45, 7) is 6.91. The second-order valence-electron chi connectivity index (χ2n) is 2.21. The Morgan fingerprint density at radius 3 is 2.82 bits per heavy atom. The molecular weight excluding hydrogens is 146 g/mol. The van der Waals surface area contributed by atoms with Crippen LogP contribution in [0, 0.1) is 18.9 Å². The van der Waals surface area contributed by atoms with Crippen molar-refractivity contribution in [3.8, 4) is 0 Å². The number of nitrogens with zero attached hydrogens (tertiary/aromatic N) is 1. The molecule has 5 nitrogen and oxygen atoms in total. The highest BCUT2D eigenvalue weighted by atomic mass is 16.6. The molecule has 2 N–H and O–H groups in total. The molecule has 0 aliphatic heterocycles. The first-order valence-electron chi connectivity index (χ1n) is 3.03. The third-order valence-corrected chi connectivity index (χ3v) is 1.08. The zero-order chi connectivity index (χ0) is 8.91. The molecule has 11 heavy (non-hydrogen) atoms. The summed E-state index contributed by atoms with van der Waals surface area (Å²) in [6.07, 6.45) is 0.840. The van der Waals surface area contributed by atoms with Gasteiger partial charge in [0.1, 0.15) is 0 Å². The van der Waals surface area contributed by atoms with Gasteiger partial charge in [-0.25, -0.2) is 4.79 Å². The second-order valence-corrected chi connectivity index (χ2v) is 2.21. The van der Waals surface area contributed by atoms with Crippen LogP contribution in [-0.4, -0.2) is 11.7 Å². The van der Waals surface area contributed by atoms with Crippen molar-refractivity contribution in [2.24, 2.45) is 5.22 Å². The van der Waals surface area contributed by atoms with Gasteiger partial charge in [-0.05, 0) is 0 Å². The summed E-state index contributed by atoms with van der Waals surface area (Å²) in [5.41, 5.74) is 7.22. The van der Waals surface area contributed by atoms with Crippen molar-refractivity contribution in [2.75, 3.05) is 0 Å². The van der Waals surface area contributed by atoms with Crippen LogP contribution in [-0.2, 0) is 4.74 Å². The quantitative estimate of drug-likeness (QED) is 0.370. The maximum Gasteiger partial charge on any atom is 0.424 e. The van der Waals surface area contributed by atoms with Crippen LogP contribution in [0.15, 0.2) is 5.22 Å². The lowest BCUT2D eigenvalue weighted by Gasteiger charge is -2.39. The molecule has 0 aromatic rings. The van der Waals surface area contributed by atoms with Crippen LogP contribution in [0.25, 0.3) is 0 Å². The van der Waals surface area contributed by atoms with E-state index < -0.39 is 11.7 Å². The molecular formula is C6H11N3O2-2. The van der Waals surface area contributed by atoms with E-state index in [0.717, 1.165) is 0 Å². The average Bonchev–Trinajstić information content (AvgIpc) is 1.87. The topological polar surface area (TPSA) is 74.5 Å². The first-order chi connectivity index (χ1) is 5.02. The lowest BCUT2D eigenvalue weighted by atomic mass is 10.1. The number of amides is 1. The maximum atomic E-state index is 10.6. The molecule has 0 bridgehead atoms. The minimum atomic E-state index is -0.866. The molecule has 0 aliphatic carbocycles. The number of rotatable bonds is 3. The van der Waals surface area contributed by atoms with Crippen LogP contribution in [0.1, 0.15) is 13.8 Å². The van der Waals surface area contributed by atoms with Crippen LogP contribution in [0.4, 0.5) is 4.79 Å². The average molecular weight is 157 g/mol. The summed E-state index contributed by atoms with van der Waals surface area (Å²) in [6, 6.07) is 0. The molecule has 5 heteroatoms. The highest BCUT2D eigenvalue weighted by Gasteiger charge is 2.05. The SMILES string of the molecule is [CH2-]C(C)([CH-]C)OC(=O)NN=N. The fourth-order valence-corrected chi connectivity index (χ4v) is 0.339. The number of hydrogen-bond donors (Lipinski definition) is 2. The second kappa shape index (κ2) is 3.90. The van der Waals surface area contributed by atoms with Crippen molar-refractivity contribution in [2.45, 2.75) is 19.4 Å². The number of ether oxygens (including phenoxy) is 1. The van der Waals surface area contributed by atoms with E-state index in [0.29, 0.717) is 0 Å². The third kappa shape index (κ3) is 4.30. The number of carbonyl (C=O) groups is 1. The maximum absolute atomic E-state index is 10.6. The molecule has 1 amide bonds. The largest absolute Gasteiger partial charge is 0.507 e. The van der Waals surface area contributed by atoms with Gasteiger partial charge in [0.2, 0.25) is 0 Å². The van der Waals surface area contributed by atoms with Gasteiger partial charge in [0.15, 0.2) is 0 Å². The molecule has 0 saturated carbocycles. The van der Waals surface area contributed by atoms with E-state index in [1.807, 2.05) is 0 Å². The summed E-state index contributed by atoms with van der Waals surface area (Å²) in [4.78, 5) is 10.6. The molecule has 1 atom stereocenters. The Morgan fingerprint density at radius 2 is 2.45 bits per heavy atom. The Kier molecular flexibility index (Phi) is 3.50. The summed E-state index contributed by atoms with van der Waals surface area (Å²) in [5, 5.41) is 2.64. The van der Waals surface area contributed by atoms with Crippen molar-refractivity contribution >= 4 is 6.09 Å². The molecule has 64 valence electrons. The summed E-state index contributed by atoms with van der Waals surface area (Å²) in [5.74, 6) is 0. The van der Waals surface area contributed by atoms with Crippen LogP contribution in [0.5, 0.6) is 0 Å². The first kappa shape index (κ1) is 9.87. The van der Waals surface area contributed by atoms with E-state index in [-0.39, 0.29) is 0 Å². The molecule has 0 radical (unpaired) electrons. The predicted molar refractivity (Wildman–Crippen MR) is 38.5 cm³/mol. The van der Waals surface area contributed by atoms with Crippen LogP contribution in [0.3, 0.4) is 0 Å². The lowest BCUT2D eigenvalue weighted by molar-refractivity contribution is 0.0780. The number of hydrogen-bond acceptors (Lipinski definition) is 4. The first-order valence-corrected chi connectivity index (χ1v) is 3.03. The van der Waals surface area contributed by atoms with Gasteiger partial charge in [-0.2, -0.15) is 17.9 Å². The minimum absolute atomic E-state index is 0.782. The van der Waals surface area contributed by atoms with Crippen LogP contribution >= 0.6 is 0 Å². The molecule has 0 rings (SSSR count). The van der Waals surface area contributed by atoms with Gasteiger partial charge in [0, 0.05) is 0 Å². The molecule has 0 aliphatic rings. The van der Waals surface area contributed by atoms with Gasteiger partial charge < -0.3 is 18.1 Å². The molecule has 0 aromatic heterocycles. The zero-order valence-electron chi connectivity index (χ0n) is 6.55. The zero-order valence-corrected chi connectivity index (χ0v) is 6.55. The number of nitrogens with one attached hydrogen (secondary N) is 2. The molecule has 0 heterocycles. The Morgan fingerprint density at radius 1 is 1.91 bits per heavy atom. The van der Waals surface area contributed by atoms with Gasteiger partial charge in [-0.1, -0.05) is 12.1 Å². The fourth-order valence-electron chi connectivity index (χ4n) is 0.339. The van der Waals surface area contributed by atoms with Crippen LogP contribution < -0.4 is 5.43 Å². The van der Waals surface area contributed by atoms with Gasteiger partial charge in [0.25, 0.3) is 0 Å². The summed E-state index contributed by atoms with van der Waals surface area (Å²) in [7, 11) is 0. The Bertz CT molecular complexity index is 156. The van der Waals surface area contributed by atoms with Gasteiger partial charge in [0.05, 0.1) is 0 Å². The van der Waals surface area contributed by atoms with E-state index in [1.165, 1.54) is 0 Å². The van der Waals surface area contributed by atoms with Gasteiger partial charge in [-0.3, -0.25) is 0 Å². The van der Waals surface area contributed by atoms with E-state index in [2.05, 4.69) is 12.1 Å². The van der Waals surface area contributed by atoms with Crippen molar-refractivity contribution in [3.63, 3.8) is 0 Å². The Hall–Kier alpha value is -1.13. The molecule has 1 unspecified atom stereocenters. The highest BCUT2D eigenvalue weighted by Crippen LogP contribution is 2.11. The molecule has 0 saturated heterocycles. The highest BCUT2D eigenvalue weighted by molar-refractivity contribution is 5.67. The third-order valence-electron chi connectivity index (χ3n) is 1.08. The Balaban J connectivity index is 3.82. The standard InChI is InChI=1S/C6H11N3O2/c1-4-6(2,3)11-5(10)8-9-7/h4H,2H2,1,3H3,(H2,7,8,10)/q-2.